The number of nitrogens with one attached hydrogen (secondary N) is 1. The Morgan fingerprint density at radius 2 is 2.40 bits per heavy atom. The summed E-state index contributed by atoms with van der Waals surface area (Å²) < 4.78 is 5.28. The number of carbonyl (C=O) groups is 1. The monoisotopic (exact) mass is 214 g/mol. The first-order chi connectivity index (χ1) is 7.24. The van der Waals surface area contributed by atoms with Crippen molar-refractivity contribution in [2.75, 3.05) is 40.4 Å². The molecule has 1 amide bonds. The highest BCUT2D eigenvalue weighted by molar-refractivity contribution is 5.75. The summed E-state index contributed by atoms with van der Waals surface area (Å²) >= 11 is 0. The van der Waals surface area contributed by atoms with Crippen molar-refractivity contribution in [1.29, 1.82) is 0 Å². The molecule has 4 nitrogen and oxygen atoms in total. The molecule has 0 aromatic rings. The Kier molecular flexibility index (Phi) is 5.65. The quantitative estimate of drug-likeness (QED) is 0.699. The lowest BCUT2D eigenvalue weighted by atomic mass is 10.0. The van der Waals surface area contributed by atoms with E-state index < -0.39 is 0 Å². The third kappa shape index (κ3) is 4.62. The summed E-state index contributed by atoms with van der Waals surface area (Å²) in [5.74, 6) is 0.851. The molecule has 0 bridgehead atoms. The van der Waals surface area contributed by atoms with Crippen LogP contribution in [0.5, 0.6) is 0 Å². The zero-order valence-corrected chi connectivity index (χ0v) is 9.79. The van der Waals surface area contributed by atoms with Crippen molar-refractivity contribution >= 4 is 5.91 Å². The van der Waals surface area contributed by atoms with Gasteiger partial charge in [-0.3, -0.25) is 4.79 Å². The zero-order chi connectivity index (χ0) is 11.1. The van der Waals surface area contributed by atoms with Gasteiger partial charge < -0.3 is 15.0 Å². The molecule has 4 heteroatoms. The lowest BCUT2D eigenvalue weighted by Gasteiger charge is -2.17. The molecule has 1 N–H and O–H groups in total. The Labute approximate surface area is 92.0 Å². The number of nitrogens with zero attached hydrogens (tertiary/aromatic N) is 1. The second-order valence-electron chi connectivity index (χ2n) is 4.19. The second-order valence-corrected chi connectivity index (χ2v) is 4.19. The average Bonchev–Trinajstić information content (AvgIpc) is 2.75. The van der Waals surface area contributed by atoms with Crippen LogP contribution in [0.4, 0.5) is 0 Å². The van der Waals surface area contributed by atoms with E-state index in [1.165, 1.54) is 0 Å². The summed E-state index contributed by atoms with van der Waals surface area (Å²) in [5, 5.41) is 3.04. The van der Waals surface area contributed by atoms with Gasteiger partial charge in [-0.1, -0.05) is 0 Å². The number of hydrogen-bond donors (Lipinski definition) is 1. The van der Waals surface area contributed by atoms with Gasteiger partial charge in [-0.2, -0.15) is 0 Å². The SMILES string of the molecule is CNCCN(C)C(=O)CCC1CCOC1. The molecule has 0 aromatic carbocycles. The summed E-state index contributed by atoms with van der Waals surface area (Å²) in [5.41, 5.74) is 0. The van der Waals surface area contributed by atoms with Gasteiger partial charge in [-0.15, -0.1) is 0 Å². The van der Waals surface area contributed by atoms with E-state index in [-0.39, 0.29) is 5.91 Å². The number of hydrogen-bond acceptors (Lipinski definition) is 3. The maximum Gasteiger partial charge on any atom is 0.222 e. The van der Waals surface area contributed by atoms with Gasteiger partial charge >= 0.3 is 0 Å². The van der Waals surface area contributed by atoms with Gasteiger partial charge in [-0.25, -0.2) is 0 Å². The van der Waals surface area contributed by atoms with Crippen molar-refractivity contribution < 1.29 is 9.53 Å². The summed E-state index contributed by atoms with van der Waals surface area (Å²) in [6.45, 7) is 3.35. The number of carbonyl (C=O) groups excluding carboxylic acids is 1. The Hall–Kier alpha value is -0.610. The summed E-state index contributed by atoms with van der Waals surface area (Å²) in [7, 11) is 3.76. The largest absolute Gasteiger partial charge is 0.381 e. The predicted octanol–water partition coefficient (Wildman–Crippen LogP) is 0.481. The molecular formula is C11H22N2O2. The van der Waals surface area contributed by atoms with Crippen LogP contribution in [0, 0.1) is 5.92 Å². The van der Waals surface area contributed by atoms with E-state index in [2.05, 4.69) is 5.32 Å². The minimum absolute atomic E-state index is 0.247. The average molecular weight is 214 g/mol. The van der Waals surface area contributed by atoms with Crippen LogP contribution < -0.4 is 5.32 Å². The van der Waals surface area contributed by atoms with Crippen LogP contribution in [0.25, 0.3) is 0 Å². The molecule has 1 unspecified atom stereocenters. The molecule has 15 heavy (non-hydrogen) atoms. The lowest BCUT2D eigenvalue weighted by Crippen LogP contribution is -2.32. The number of ether oxygens (including phenoxy) is 1. The highest BCUT2D eigenvalue weighted by Gasteiger charge is 2.17. The summed E-state index contributed by atoms with van der Waals surface area (Å²) in [6, 6.07) is 0. The molecule has 1 atom stereocenters. The Morgan fingerprint density at radius 1 is 1.60 bits per heavy atom. The molecule has 1 heterocycles. The molecule has 0 spiro atoms. The second kappa shape index (κ2) is 6.80. The standard InChI is InChI=1S/C11H22N2O2/c1-12-6-7-13(2)11(14)4-3-10-5-8-15-9-10/h10,12H,3-9H2,1-2H3. The van der Waals surface area contributed by atoms with Gasteiger partial charge in [0.2, 0.25) is 5.91 Å². The topological polar surface area (TPSA) is 41.6 Å². The lowest BCUT2D eigenvalue weighted by molar-refractivity contribution is -0.130. The molecule has 1 fully saturated rings. The fourth-order valence-corrected chi connectivity index (χ4v) is 1.73. The van der Waals surface area contributed by atoms with Crippen molar-refractivity contribution in [3.63, 3.8) is 0 Å². The van der Waals surface area contributed by atoms with Gasteiger partial charge in [-0.05, 0) is 25.8 Å². The van der Waals surface area contributed by atoms with Crippen LogP contribution in [-0.4, -0.2) is 51.2 Å². The number of likely N-dealkylation sites (N-methyl/N-ethyl adjacent to an activating group) is 2. The van der Waals surface area contributed by atoms with Crippen LogP contribution >= 0.6 is 0 Å². The highest BCUT2D eigenvalue weighted by Crippen LogP contribution is 2.18. The number of amides is 1. The van der Waals surface area contributed by atoms with E-state index in [9.17, 15) is 4.79 Å². The maximum absolute atomic E-state index is 11.7. The van der Waals surface area contributed by atoms with Crippen molar-refractivity contribution in [2.24, 2.45) is 5.92 Å². The first kappa shape index (κ1) is 12.5. The molecule has 1 saturated heterocycles. The van der Waals surface area contributed by atoms with E-state index in [0.29, 0.717) is 12.3 Å². The molecular weight excluding hydrogens is 192 g/mol. The van der Waals surface area contributed by atoms with E-state index in [4.69, 9.17) is 4.74 Å². The third-order valence-electron chi connectivity index (χ3n) is 2.91. The predicted molar refractivity (Wildman–Crippen MR) is 59.7 cm³/mol. The third-order valence-corrected chi connectivity index (χ3v) is 2.91. The van der Waals surface area contributed by atoms with Crippen LogP contribution in [0.3, 0.4) is 0 Å². The van der Waals surface area contributed by atoms with Crippen LogP contribution in [0.2, 0.25) is 0 Å². The molecule has 0 aromatic heterocycles. The van der Waals surface area contributed by atoms with E-state index >= 15 is 0 Å². The normalized spacial score (nSPS) is 20.5. The molecule has 1 aliphatic rings. The van der Waals surface area contributed by atoms with Gasteiger partial charge in [0.1, 0.15) is 0 Å². The van der Waals surface area contributed by atoms with E-state index in [1.807, 2.05) is 14.1 Å². The van der Waals surface area contributed by atoms with Crippen LogP contribution in [0.1, 0.15) is 19.3 Å². The van der Waals surface area contributed by atoms with Gasteiger partial charge in [0.05, 0.1) is 0 Å². The van der Waals surface area contributed by atoms with Crippen LogP contribution in [0.15, 0.2) is 0 Å². The Bertz CT molecular complexity index is 191. The van der Waals surface area contributed by atoms with Crippen molar-refractivity contribution in [3.8, 4) is 0 Å². The first-order valence-electron chi connectivity index (χ1n) is 5.70. The Balaban J connectivity index is 2.11. The fourth-order valence-electron chi connectivity index (χ4n) is 1.73. The van der Waals surface area contributed by atoms with Gasteiger partial charge in [0.15, 0.2) is 0 Å². The minimum Gasteiger partial charge on any atom is -0.381 e. The molecule has 1 rings (SSSR count). The van der Waals surface area contributed by atoms with E-state index in [0.717, 1.165) is 39.1 Å². The Morgan fingerprint density at radius 3 is 3.00 bits per heavy atom. The van der Waals surface area contributed by atoms with Crippen molar-refractivity contribution in [3.05, 3.63) is 0 Å². The zero-order valence-electron chi connectivity index (χ0n) is 9.79. The summed E-state index contributed by atoms with van der Waals surface area (Å²) in [4.78, 5) is 13.5. The minimum atomic E-state index is 0.247. The molecule has 1 aliphatic heterocycles. The number of rotatable bonds is 6. The molecule has 88 valence electrons. The fraction of sp³-hybridized carbons (Fsp3) is 0.909. The van der Waals surface area contributed by atoms with Crippen LogP contribution in [-0.2, 0) is 9.53 Å². The maximum atomic E-state index is 11.7. The first-order valence-corrected chi connectivity index (χ1v) is 5.70. The van der Waals surface area contributed by atoms with Gasteiger partial charge in [0.25, 0.3) is 0 Å². The van der Waals surface area contributed by atoms with E-state index in [1.54, 1.807) is 4.90 Å². The molecule has 0 aliphatic carbocycles. The van der Waals surface area contributed by atoms with Crippen molar-refractivity contribution in [2.45, 2.75) is 19.3 Å². The molecule has 0 radical (unpaired) electrons. The highest BCUT2D eigenvalue weighted by atomic mass is 16.5. The van der Waals surface area contributed by atoms with Gasteiger partial charge in [0, 0.05) is 39.8 Å². The van der Waals surface area contributed by atoms with Crippen molar-refractivity contribution in [1.82, 2.24) is 10.2 Å². The smallest absolute Gasteiger partial charge is 0.222 e. The summed E-state index contributed by atoms with van der Waals surface area (Å²) in [6.07, 6.45) is 2.75. The molecule has 0 saturated carbocycles.